The number of carbonyl (C=O) groups is 3. The van der Waals surface area contributed by atoms with E-state index in [1.54, 1.807) is 60.3 Å². The van der Waals surface area contributed by atoms with Crippen LogP contribution in [0.5, 0.6) is 0 Å². The zero-order chi connectivity index (χ0) is 21.4. The van der Waals surface area contributed by atoms with Gasteiger partial charge >= 0.3 is 0 Å². The number of benzene rings is 2. The normalized spacial score (nSPS) is 18.6. The highest BCUT2D eigenvalue weighted by atomic mass is 19.1. The maximum atomic E-state index is 14.2. The molecule has 2 aromatic carbocycles. The average Bonchev–Trinajstić information content (AvgIpc) is 2.82. The van der Waals surface area contributed by atoms with Gasteiger partial charge in [-0.15, -0.1) is 0 Å². The van der Waals surface area contributed by atoms with E-state index in [2.05, 4.69) is 5.32 Å². The molecule has 1 saturated heterocycles. The van der Waals surface area contributed by atoms with Crippen molar-refractivity contribution in [3.05, 3.63) is 53.8 Å². The van der Waals surface area contributed by atoms with Crippen LogP contribution in [0.1, 0.15) is 10.4 Å². The largest absolute Gasteiger partial charge is 0.337 e. The molecule has 7 nitrogen and oxygen atoms in total. The molecule has 2 heterocycles. The van der Waals surface area contributed by atoms with Gasteiger partial charge in [-0.2, -0.15) is 0 Å². The molecule has 30 heavy (non-hydrogen) atoms. The van der Waals surface area contributed by atoms with Gasteiger partial charge in [0.25, 0.3) is 5.91 Å². The Hall–Kier alpha value is -3.26. The molecule has 1 atom stereocenters. The van der Waals surface area contributed by atoms with E-state index in [0.29, 0.717) is 28.9 Å². The lowest BCUT2D eigenvalue weighted by molar-refractivity contribution is -0.136. The molecule has 0 aliphatic carbocycles. The van der Waals surface area contributed by atoms with Gasteiger partial charge in [-0.05, 0) is 37.9 Å². The molecule has 2 aliphatic rings. The van der Waals surface area contributed by atoms with E-state index in [0.717, 1.165) is 0 Å². The molecule has 4 rings (SSSR count). The fourth-order valence-corrected chi connectivity index (χ4v) is 3.91. The van der Waals surface area contributed by atoms with Crippen LogP contribution in [-0.2, 0) is 9.59 Å². The number of nitrogens with zero attached hydrogens (tertiary/aromatic N) is 3. The van der Waals surface area contributed by atoms with Crippen LogP contribution in [0, 0.1) is 5.82 Å². The molecule has 156 valence electrons. The number of fused-ring (bicyclic) bond motifs is 2. The second-order valence-electron chi connectivity index (χ2n) is 7.82. The monoisotopic (exact) mass is 410 g/mol. The van der Waals surface area contributed by atoms with Gasteiger partial charge in [-0.3, -0.25) is 14.4 Å². The van der Waals surface area contributed by atoms with Crippen molar-refractivity contribution >= 4 is 23.4 Å². The van der Waals surface area contributed by atoms with Crippen molar-refractivity contribution in [1.82, 2.24) is 14.7 Å². The first kappa shape index (κ1) is 20.0. The first-order valence-electron chi connectivity index (χ1n) is 9.78. The van der Waals surface area contributed by atoms with E-state index in [-0.39, 0.29) is 43.2 Å². The van der Waals surface area contributed by atoms with Gasteiger partial charge in [0.1, 0.15) is 11.9 Å². The van der Waals surface area contributed by atoms with Gasteiger partial charge in [0, 0.05) is 18.7 Å². The highest BCUT2D eigenvalue weighted by Crippen LogP contribution is 2.31. The van der Waals surface area contributed by atoms with Gasteiger partial charge in [0.2, 0.25) is 11.8 Å². The number of hydrogen-bond donors (Lipinski definition) is 1. The van der Waals surface area contributed by atoms with Crippen molar-refractivity contribution in [1.29, 1.82) is 0 Å². The van der Waals surface area contributed by atoms with E-state index in [1.807, 2.05) is 0 Å². The summed E-state index contributed by atoms with van der Waals surface area (Å²) in [5, 5.41) is 2.80. The minimum Gasteiger partial charge on any atom is -0.337 e. The first-order chi connectivity index (χ1) is 14.3. The third-order valence-corrected chi connectivity index (χ3v) is 5.44. The highest BCUT2D eigenvalue weighted by Gasteiger charge is 2.40. The van der Waals surface area contributed by atoms with Crippen LogP contribution in [-0.4, -0.2) is 78.7 Å². The molecule has 0 saturated carbocycles. The van der Waals surface area contributed by atoms with Crippen LogP contribution in [0.15, 0.2) is 42.5 Å². The topological polar surface area (TPSA) is 73.0 Å². The Kier molecular flexibility index (Phi) is 5.26. The smallest absolute Gasteiger partial charge is 0.256 e. The minimum atomic E-state index is -0.762. The number of piperazine rings is 1. The Bertz CT molecular complexity index is 1020. The summed E-state index contributed by atoms with van der Waals surface area (Å²) in [5.74, 6) is -1.09. The summed E-state index contributed by atoms with van der Waals surface area (Å²) in [6.45, 7) is 1.02. The predicted octanol–water partition coefficient (Wildman–Crippen LogP) is 1.66. The first-order valence-corrected chi connectivity index (χ1v) is 9.78. The molecule has 0 spiro atoms. The van der Waals surface area contributed by atoms with Crippen LogP contribution in [0.25, 0.3) is 11.1 Å². The summed E-state index contributed by atoms with van der Waals surface area (Å²) < 4.78 is 14.2. The summed E-state index contributed by atoms with van der Waals surface area (Å²) in [5.41, 5.74) is 1.66. The van der Waals surface area contributed by atoms with Crippen molar-refractivity contribution in [2.75, 3.05) is 45.6 Å². The number of rotatable bonds is 3. The third-order valence-electron chi connectivity index (χ3n) is 5.44. The second kappa shape index (κ2) is 7.87. The second-order valence-corrected chi connectivity index (χ2v) is 7.82. The van der Waals surface area contributed by atoms with E-state index >= 15 is 0 Å². The Morgan fingerprint density at radius 3 is 2.63 bits per heavy atom. The van der Waals surface area contributed by atoms with Gasteiger partial charge in [-0.25, -0.2) is 4.39 Å². The predicted molar refractivity (Wildman–Crippen MR) is 110 cm³/mol. The number of likely N-dealkylation sites (N-methyl/N-ethyl adjacent to an activating group) is 1. The molecular weight excluding hydrogens is 387 g/mol. The zero-order valence-electron chi connectivity index (χ0n) is 16.9. The van der Waals surface area contributed by atoms with Crippen molar-refractivity contribution in [3.63, 3.8) is 0 Å². The molecule has 0 aromatic heterocycles. The number of carbonyl (C=O) groups excluding carboxylic acids is 3. The van der Waals surface area contributed by atoms with E-state index in [4.69, 9.17) is 0 Å². The molecule has 2 aliphatic heterocycles. The Balaban J connectivity index is 1.64. The lowest BCUT2D eigenvalue weighted by Crippen LogP contribution is -2.60. The molecule has 8 heteroatoms. The lowest BCUT2D eigenvalue weighted by Gasteiger charge is -2.39. The maximum Gasteiger partial charge on any atom is 0.256 e. The van der Waals surface area contributed by atoms with Crippen molar-refractivity contribution in [2.24, 2.45) is 0 Å². The standard InChI is InChI=1S/C22H23FN4O3/c1-25(2)13-20(28)26-9-10-27-19(12-26)21(29)24-18-8-7-14(11-16(18)22(27)30)15-5-3-4-6-17(15)23/h3-8,11,19H,9-10,12-13H2,1-2H3,(H,24,29)/t19-/m1/s1. The SMILES string of the molecule is CN(C)CC(=O)N1CCN2C(=O)c3cc(-c4ccccc4F)ccc3NC(=O)[C@H]2C1. The fourth-order valence-electron chi connectivity index (χ4n) is 3.91. The molecular formula is C22H23FN4O3. The summed E-state index contributed by atoms with van der Waals surface area (Å²) in [6.07, 6.45) is 0. The molecule has 0 bridgehead atoms. The van der Waals surface area contributed by atoms with Crippen molar-refractivity contribution in [3.8, 4) is 11.1 Å². The van der Waals surface area contributed by atoms with Crippen LogP contribution < -0.4 is 5.32 Å². The number of anilines is 1. The Morgan fingerprint density at radius 2 is 1.90 bits per heavy atom. The van der Waals surface area contributed by atoms with E-state index < -0.39 is 6.04 Å². The summed E-state index contributed by atoms with van der Waals surface area (Å²) in [6, 6.07) is 10.5. The number of nitrogens with one attached hydrogen (secondary N) is 1. The van der Waals surface area contributed by atoms with Gasteiger partial charge in [-0.1, -0.05) is 24.3 Å². The number of amides is 3. The molecule has 1 N–H and O–H groups in total. The molecule has 2 aromatic rings. The van der Waals surface area contributed by atoms with Crippen LogP contribution >= 0.6 is 0 Å². The quantitative estimate of drug-likeness (QED) is 0.835. The Morgan fingerprint density at radius 1 is 1.13 bits per heavy atom. The summed E-state index contributed by atoms with van der Waals surface area (Å²) in [7, 11) is 3.61. The minimum absolute atomic E-state index is 0.0801. The van der Waals surface area contributed by atoms with Gasteiger partial charge in [0.05, 0.1) is 24.3 Å². The van der Waals surface area contributed by atoms with Crippen molar-refractivity contribution in [2.45, 2.75) is 6.04 Å². The van der Waals surface area contributed by atoms with Gasteiger partial charge in [0.15, 0.2) is 0 Å². The van der Waals surface area contributed by atoms with Crippen LogP contribution in [0.4, 0.5) is 10.1 Å². The Labute approximate surface area is 174 Å². The molecule has 1 fully saturated rings. The number of hydrogen-bond acceptors (Lipinski definition) is 4. The molecule has 0 radical (unpaired) electrons. The molecule has 3 amide bonds. The fraction of sp³-hybridized carbons (Fsp3) is 0.318. The molecule has 0 unspecified atom stereocenters. The van der Waals surface area contributed by atoms with Crippen molar-refractivity contribution < 1.29 is 18.8 Å². The van der Waals surface area contributed by atoms with Crippen LogP contribution in [0.2, 0.25) is 0 Å². The summed E-state index contributed by atoms with van der Waals surface area (Å²) in [4.78, 5) is 43.4. The zero-order valence-corrected chi connectivity index (χ0v) is 16.9. The van der Waals surface area contributed by atoms with Gasteiger partial charge < -0.3 is 20.0 Å². The van der Waals surface area contributed by atoms with E-state index in [1.165, 1.54) is 11.0 Å². The highest BCUT2D eigenvalue weighted by molar-refractivity contribution is 6.10. The number of halogens is 1. The van der Waals surface area contributed by atoms with E-state index in [9.17, 15) is 18.8 Å². The lowest BCUT2D eigenvalue weighted by atomic mass is 10.0. The maximum absolute atomic E-state index is 14.2. The van der Waals surface area contributed by atoms with Crippen LogP contribution in [0.3, 0.4) is 0 Å². The average molecular weight is 410 g/mol. The summed E-state index contributed by atoms with van der Waals surface area (Å²) >= 11 is 0. The third kappa shape index (κ3) is 3.66.